The molecule has 3 atom stereocenters. The maximum atomic E-state index is 13.7. The molecule has 0 spiro atoms. The molecule has 2 aromatic carbocycles. The molecule has 6 rings (SSSR count). The number of piperidine rings is 2. The van der Waals surface area contributed by atoms with Gasteiger partial charge in [0.2, 0.25) is 5.91 Å². The van der Waals surface area contributed by atoms with E-state index in [9.17, 15) is 31.2 Å². The number of hydrogen-bond donors (Lipinski definition) is 4. The number of amides is 2. The summed E-state index contributed by atoms with van der Waals surface area (Å²) in [6.45, 7) is 1.81. The monoisotopic (exact) mass is 685 g/mol. The summed E-state index contributed by atoms with van der Waals surface area (Å²) in [6, 6.07) is 13.5. The Morgan fingerprint density at radius 3 is 2.20 bits per heavy atom. The molecule has 3 saturated heterocycles. The van der Waals surface area contributed by atoms with Crippen LogP contribution in [-0.2, 0) is 32.8 Å². The van der Waals surface area contributed by atoms with Gasteiger partial charge in [-0.15, -0.1) is 0 Å². The molecule has 2 bridgehead atoms. The number of hydrogen-bond acceptors (Lipinski definition) is 6. The van der Waals surface area contributed by atoms with Gasteiger partial charge in [0, 0.05) is 49.5 Å². The number of anilines is 1. The van der Waals surface area contributed by atoms with Crippen LogP contribution in [0.2, 0.25) is 5.02 Å². The second-order valence-electron chi connectivity index (χ2n) is 11.9. The van der Waals surface area contributed by atoms with Crippen LogP contribution in [0.25, 0.3) is 0 Å². The molecule has 0 radical (unpaired) electrons. The van der Waals surface area contributed by atoms with Gasteiger partial charge < -0.3 is 21.1 Å². The van der Waals surface area contributed by atoms with Crippen molar-refractivity contribution in [2.45, 2.75) is 81.8 Å². The Balaban J connectivity index is 0.000000537. The van der Waals surface area contributed by atoms with Gasteiger partial charge in [-0.3, -0.25) is 9.59 Å². The van der Waals surface area contributed by atoms with Gasteiger partial charge in [0.05, 0.1) is 17.0 Å². The molecule has 0 saturated carbocycles. The zero-order valence-corrected chi connectivity index (χ0v) is 26.3. The van der Waals surface area contributed by atoms with Crippen LogP contribution in [0.5, 0.6) is 0 Å². The van der Waals surface area contributed by atoms with Gasteiger partial charge in [0.25, 0.3) is 16.1 Å². The Labute approximate surface area is 269 Å². The number of nitrogens with one attached hydrogen (secondary N) is 3. The van der Waals surface area contributed by atoms with Crippen LogP contribution >= 0.6 is 11.6 Å². The Hall–Kier alpha value is -3.24. The summed E-state index contributed by atoms with van der Waals surface area (Å²) in [5.74, 6) is -3.16. The van der Waals surface area contributed by atoms with E-state index >= 15 is 0 Å². The van der Waals surface area contributed by atoms with Crippen molar-refractivity contribution in [1.82, 2.24) is 19.2 Å². The van der Waals surface area contributed by atoms with Crippen molar-refractivity contribution in [1.29, 1.82) is 0 Å². The average Bonchev–Trinajstić information content (AvgIpc) is 3.51. The SMILES string of the molecule is O=C(O)C(F)(F)F.O=C1Cc2cc(C(=O)N[C@@H]3C[C@H]4CC[C@@H](C3)N4S(=O)(=O)N3CCC(NCc4ccccc4)CC3)c(Cl)cc2N1. The molecule has 4 N–H and O–H groups in total. The van der Waals surface area contributed by atoms with Crippen LogP contribution in [0.15, 0.2) is 42.5 Å². The molecule has 250 valence electrons. The normalized spacial score (nSPS) is 23.7. The molecule has 4 aliphatic heterocycles. The van der Waals surface area contributed by atoms with Gasteiger partial charge in [0.1, 0.15) is 0 Å². The Morgan fingerprint density at radius 1 is 1.00 bits per heavy atom. The lowest BCUT2D eigenvalue weighted by Gasteiger charge is -2.42. The number of rotatable bonds is 7. The molecule has 2 aromatic rings. The standard InChI is InChI=1S/C28H34ClN5O4S.C2HF3O2/c29-25-16-26-19(13-27(35)32-26)12-24(25)28(36)31-21-14-22-6-7-23(15-21)34(22)39(37,38)33-10-8-20(9-11-33)30-17-18-4-2-1-3-5-18;3-2(4,5)1(6)7/h1-5,12,16,20-23,30H,6-11,13-15,17H2,(H,31,36)(H,32,35);(H,6,7)/t21-,22-,23+;. The number of aliphatic carboxylic acids is 1. The van der Waals surface area contributed by atoms with Crippen molar-refractivity contribution in [3.8, 4) is 0 Å². The van der Waals surface area contributed by atoms with E-state index in [1.807, 2.05) is 18.2 Å². The number of carboxylic acid groups (broad SMARTS) is 1. The van der Waals surface area contributed by atoms with Crippen molar-refractivity contribution in [2.24, 2.45) is 0 Å². The van der Waals surface area contributed by atoms with Gasteiger partial charge in [-0.2, -0.15) is 30.2 Å². The molecule has 0 unspecified atom stereocenters. The Morgan fingerprint density at radius 2 is 1.61 bits per heavy atom. The fourth-order valence-corrected chi connectivity index (χ4v) is 8.92. The lowest BCUT2D eigenvalue weighted by atomic mass is 9.99. The highest BCUT2D eigenvalue weighted by molar-refractivity contribution is 7.86. The van der Waals surface area contributed by atoms with E-state index < -0.39 is 22.4 Å². The maximum absolute atomic E-state index is 13.7. The van der Waals surface area contributed by atoms with Crippen molar-refractivity contribution in [3.05, 3.63) is 64.2 Å². The summed E-state index contributed by atoms with van der Waals surface area (Å²) in [5.41, 5.74) is 2.98. The first-order valence-electron chi connectivity index (χ1n) is 15.0. The van der Waals surface area contributed by atoms with Crippen molar-refractivity contribution >= 4 is 45.3 Å². The van der Waals surface area contributed by atoms with E-state index in [1.165, 1.54) is 5.56 Å². The molecule has 11 nitrogen and oxygen atoms in total. The van der Waals surface area contributed by atoms with Crippen molar-refractivity contribution in [3.63, 3.8) is 0 Å². The predicted octanol–water partition coefficient (Wildman–Crippen LogP) is 3.69. The minimum absolute atomic E-state index is 0.114. The smallest absolute Gasteiger partial charge is 0.475 e. The van der Waals surface area contributed by atoms with E-state index in [0.717, 1.165) is 37.8 Å². The van der Waals surface area contributed by atoms with E-state index in [4.69, 9.17) is 21.5 Å². The van der Waals surface area contributed by atoms with E-state index in [1.54, 1.807) is 20.7 Å². The van der Waals surface area contributed by atoms with E-state index in [-0.39, 0.29) is 41.4 Å². The van der Waals surface area contributed by atoms with Crippen LogP contribution in [0.1, 0.15) is 60.0 Å². The Bertz CT molecular complexity index is 1560. The van der Waals surface area contributed by atoms with E-state index in [0.29, 0.717) is 43.2 Å². The zero-order valence-electron chi connectivity index (χ0n) is 24.7. The minimum Gasteiger partial charge on any atom is -0.475 e. The number of benzene rings is 2. The molecule has 16 heteroatoms. The number of alkyl halides is 3. The van der Waals surface area contributed by atoms with Crippen molar-refractivity contribution in [2.75, 3.05) is 18.4 Å². The molecule has 0 aromatic heterocycles. The number of carboxylic acids is 1. The maximum Gasteiger partial charge on any atom is 0.490 e. The second kappa shape index (κ2) is 13.9. The predicted molar refractivity (Wildman–Crippen MR) is 163 cm³/mol. The van der Waals surface area contributed by atoms with Crippen LogP contribution in [-0.4, -0.2) is 83.4 Å². The average molecular weight is 686 g/mol. The summed E-state index contributed by atoms with van der Waals surface area (Å²) < 4.78 is 62.5. The highest BCUT2D eigenvalue weighted by Gasteiger charge is 2.49. The number of halogens is 4. The van der Waals surface area contributed by atoms with Gasteiger partial charge >= 0.3 is 12.1 Å². The second-order valence-corrected chi connectivity index (χ2v) is 14.2. The quantitative estimate of drug-likeness (QED) is 0.348. The van der Waals surface area contributed by atoms with E-state index in [2.05, 4.69) is 28.1 Å². The summed E-state index contributed by atoms with van der Waals surface area (Å²) in [4.78, 5) is 33.7. The molecule has 2 amide bonds. The minimum atomic E-state index is -5.08. The fraction of sp³-hybridized carbons (Fsp3) is 0.500. The van der Waals surface area contributed by atoms with Crippen LogP contribution in [0.3, 0.4) is 0 Å². The van der Waals surface area contributed by atoms with Crippen molar-refractivity contribution < 1.29 is 41.1 Å². The molecule has 0 aliphatic carbocycles. The fourth-order valence-electron chi connectivity index (χ4n) is 6.60. The number of carbonyl (C=O) groups is 3. The zero-order chi connectivity index (χ0) is 33.2. The topological polar surface area (TPSA) is 148 Å². The van der Waals surface area contributed by atoms with Gasteiger partial charge in [-0.1, -0.05) is 41.9 Å². The highest BCUT2D eigenvalue weighted by atomic mass is 35.5. The van der Waals surface area contributed by atoms with Crippen LogP contribution in [0, 0.1) is 0 Å². The van der Waals surface area contributed by atoms with Gasteiger partial charge in [-0.25, -0.2) is 4.79 Å². The lowest BCUT2D eigenvalue weighted by molar-refractivity contribution is -0.192. The first-order chi connectivity index (χ1) is 21.7. The largest absolute Gasteiger partial charge is 0.490 e. The first-order valence-corrected chi connectivity index (χ1v) is 16.8. The Kier molecular flexibility index (Phi) is 10.3. The number of carbonyl (C=O) groups excluding carboxylic acids is 2. The molecule has 4 heterocycles. The van der Waals surface area contributed by atoms with Gasteiger partial charge in [-0.05, 0) is 61.8 Å². The molecule has 4 aliphatic rings. The third-order valence-corrected chi connectivity index (χ3v) is 11.3. The summed E-state index contributed by atoms with van der Waals surface area (Å²) in [7, 11) is -3.57. The third-order valence-electron chi connectivity index (χ3n) is 8.79. The highest BCUT2D eigenvalue weighted by Crippen LogP contribution is 2.39. The summed E-state index contributed by atoms with van der Waals surface area (Å²) in [5, 5.41) is 16.8. The van der Waals surface area contributed by atoms with Gasteiger partial charge in [0.15, 0.2) is 0 Å². The summed E-state index contributed by atoms with van der Waals surface area (Å²) >= 11 is 6.36. The third kappa shape index (κ3) is 7.82. The van der Waals surface area contributed by atoms with Crippen LogP contribution in [0.4, 0.5) is 18.9 Å². The molecular formula is C30H35ClF3N5O6S. The lowest BCUT2D eigenvalue weighted by Crippen LogP contribution is -2.57. The number of nitrogens with zero attached hydrogens (tertiary/aromatic N) is 2. The number of fused-ring (bicyclic) bond motifs is 3. The molecule has 3 fully saturated rings. The molecule has 46 heavy (non-hydrogen) atoms. The molecular weight excluding hydrogens is 651 g/mol. The summed E-state index contributed by atoms with van der Waals surface area (Å²) in [6.07, 6.45) is -0.503. The first kappa shape index (κ1) is 34.1. The van der Waals surface area contributed by atoms with Crippen LogP contribution < -0.4 is 16.0 Å².